The molecule has 0 unspecified atom stereocenters. The van der Waals surface area contributed by atoms with Gasteiger partial charge in [-0.25, -0.2) is 9.97 Å². The monoisotopic (exact) mass is 445 g/mol. The maximum absolute atomic E-state index is 12.8. The van der Waals surface area contributed by atoms with E-state index in [2.05, 4.69) is 4.98 Å². The SMILES string of the molecule is CN(C)c1ncc(-c2cccc(C(N)=O)c2)c([C@@H]2CCN(C(=O)COc3ccccc3)C2)n1. The van der Waals surface area contributed by atoms with E-state index in [9.17, 15) is 9.59 Å². The quantitative estimate of drug-likeness (QED) is 0.600. The molecule has 2 aromatic carbocycles. The minimum Gasteiger partial charge on any atom is -0.484 e. The number of ether oxygens (including phenoxy) is 1. The normalized spacial score (nSPS) is 15.3. The maximum atomic E-state index is 12.8. The van der Waals surface area contributed by atoms with E-state index < -0.39 is 5.91 Å². The van der Waals surface area contributed by atoms with Crippen molar-refractivity contribution in [3.63, 3.8) is 0 Å². The summed E-state index contributed by atoms with van der Waals surface area (Å²) < 4.78 is 5.63. The standard InChI is InChI=1S/C25H27N5O3/c1-29(2)25-27-14-21(17-7-6-8-18(13-17)24(26)32)23(28-25)19-11-12-30(15-19)22(31)16-33-20-9-4-3-5-10-20/h3-10,13-14,19H,11-12,15-16H2,1-2H3,(H2,26,32)/t19-/m1/s1. The van der Waals surface area contributed by atoms with E-state index in [1.807, 2.05) is 60.3 Å². The van der Waals surface area contributed by atoms with Crippen LogP contribution in [0.3, 0.4) is 0 Å². The van der Waals surface area contributed by atoms with Crippen molar-refractivity contribution in [2.75, 3.05) is 38.7 Å². The molecule has 1 aliphatic rings. The predicted molar refractivity (Wildman–Crippen MR) is 126 cm³/mol. The first-order valence-electron chi connectivity index (χ1n) is 10.8. The minimum absolute atomic E-state index is 0.00301. The molecule has 2 heterocycles. The third-order valence-electron chi connectivity index (χ3n) is 5.70. The Morgan fingerprint density at radius 3 is 2.67 bits per heavy atom. The maximum Gasteiger partial charge on any atom is 0.260 e. The van der Waals surface area contributed by atoms with Crippen LogP contribution in [-0.4, -0.2) is 60.5 Å². The predicted octanol–water partition coefficient (Wildman–Crippen LogP) is 2.70. The van der Waals surface area contributed by atoms with Gasteiger partial charge in [0.05, 0.1) is 5.69 Å². The van der Waals surface area contributed by atoms with E-state index in [1.54, 1.807) is 24.4 Å². The number of anilines is 1. The van der Waals surface area contributed by atoms with Crippen molar-refractivity contribution in [2.24, 2.45) is 5.73 Å². The Kier molecular flexibility index (Phi) is 6.53. The molecule has 1 atom stereocenters. The molecule has 3 aromatic rings. The summed E-state index contributed by atoms with van der Waals surface area (Å²) in [6.07, 6.45) is 2.56. The van der Waals surface area contributed by atoms with E-state index in [0.717, 1.165) is 23.2 Å². The van der Waals surface area contributed by atoms with Gasteiger partial charge >= 0.3 is 0 Å². The zero-order chi connectivity index (χ0) is 23.4. The van der Waals surface area contributed by atoms with Gasteiger partial charge in [-0.1, -0.05) is 30.3 Å². The molecule has 33 heavy (non-hydrogen) atoms. The Labute approximate surface area is 193 Å². The highest BCUT2D eigenvalue weighted by atomic mass is 16.5. The number of para-hydroxylation sites is 1. The lowest BCUT2D eigenvalue weighted by Gasteiger charge is -2.20. The summed E-state index contributed by atoms with van der Waals surface area (Å²) in [6, 6.07) is 16.5. The number of nitrogens with zero attached hydrogens (tertiary/aromatic N) is 4. The van der Waals surface area contributed by atoms with Gasteiger partial charge in [0, 0.05) is 50.4 Å². The first kappa shape index (κ1) is 22.3. The molecule has 2 N–H and O–H groups in total. The molecular weight excluding hydrogens is 418 g/mol. The van der Waals surface area contributed by atoms with Crippen LogP contribution in [0.15, 0.2) is 60.8 Å². The molecule has 0 bridgehead atoms. The van der Waals surface area contributed by atoms with Crippen LogP contribution in [0.2, 0.25) is 0 Å². The lowest BCUT2D eigenvalue weighted by atomic mass is 9.95. The summed E-state index contributed by atoms with van der Waals surface area (Å²) in [4.78, 5) is 37.4. The number of amides is 2. The molecule has 8 nitrogen and oxygen atoms in total. The summed E-state index contributed by atoms with van der Waals surface area (Å²) in [5, 5.41) is 0. The largest absolute Gasteiger partial charge is 0.484 e. The van der Waals surface area contributed by atoms with Crippen molar-refractivity contribution in [1.82, 2.24) is 14.9 Å². The number of carbonyl (C=O) groups is 2. The molecule has 1 aromatic heterocycles. The average Bonchev–Trinajstić information content (AvgIpc) is 3.33. The number of hydrogen-bond acceptors (Lipinski definition) is 6. The third kappa shape index (κ3) is 5.11. The van der Waals surface area contributed by atoms with Gasteiger partial charge in [-0.2, -0.15) is 0 Å². The van der Waals surface area contributed by atoms with Crippen molar-refractivity contribution in [3.05, 3.63) is 72.1 Å². The van der Waals surface area contributed by atoms with Crippen LogP contribution in [0, 0.1) is 0 Å². The van der Waals surface area contributed by atoms with Crippen molar-refractivity contribution >= 4 is 17.8 Å². The first-order chi connectivity index (χ1) is 15.9. The Hall–Kier alpha value is -3.94. The van der Waals surface area contributed by atoms with E-state index >= 15 is 0 Å². The van der Waals surface area contributed by atoms with Gasteiger partial charge in [0.2, 0.25) is 11.9 Å². The smallest absolute Gasteiger partial charge is 0.260 e. The molecule has 1 aliphatic heterocycles. The highest BCUT2D eigenvalue weighted by Gasteiger charge is 2.31. The second-order valence-corrected chi connectivity index (χ2v) is 8.24. The number of benzene rings is 2. The summed E-state index contributed by atoms with van der Waals surface area (Å²) in [6.45, 7) is 1.17. The molecule has 2 amide bonds. The van der Waals surface area contributed by atoms with Crippen LogP contribution >= 0.6 is 0 Å². The van der Waals surface area contributed by atoms with Crippen LogP contribution in [0.5, 0.6) is 5.75 Å². The van der Waals surface area contributed by atoms with Crippen molar-refractivity contribution in [1.29, 1.82) is 0 Å². The summed E-state index contributed by atoms with van der Waals surface area (Å²) in [5.74, 6) is 0.766. The number of primary amides is 1. The van der Waals surface area contributed by atoms with Crippen molar-refractivity contribution < 1.29 is 14.3 Å². The number of likely N-dealkylation sites (tertiary alicyclic amines) is 1. The Morgan fingerprint density at radius 1 is 1.15 bits per heavy atom. The Balaban J connectivity index is 1.56. The molecule has 1 fully saturated rings. The first-order valence-corrected chi connectivity index (χ1v) is 10.8. The van der Waals surface area contributed by atoms with Gasteiger partial charge in [-0.05, 0) is 36.2 Å². The fraction of sp³-hybridized carbons (Fsp3) is 0.280. The molecule has 0 saturated carbocycles. The van der Waals surface area contributed by atoms with Crippen LogP contribution in [0.4, 0.5) is 5.95 Å². The fourth-order valence-electron chi connectivity index (χ4n) is 3.94. The molecule has 1 saturated heterocycles. The topological polar surface area (TPSA) is 102 Å². The lowest BCUT2D eigenvalue weighted by molar-refractivity contribution is -0.132. The number of aromatic nitrogens is 2. The molecule has 8 heteroatoms. The van der Waals surface area contributed by atoms with Gasteiger partial charge < -0.3 is 20.3 Å². The number of rotatable bonds is 7. The average molecular weight is 446 g/mol. The second kappa shape index (κ2) is 9.68. The van der Waals surface area contributed by atoms with Crippen LogP contribution in [-0.2, 0) is 4.79 Å². The van der Waals surface area contributed by atoms with Gasteiger partial charge in [-0.15, -0.1) is 0 Å². The molecular formula is C25H27N5O3. The molecule has 4 rings (SSSR count). The van der Waals surface area contributed by atoms with Crippen molar-refractivity contribution in [2.45, 2.75) is 12.3 Å². The second-order valence-electron chi connectivity index (χ2n) is 8.24. The third-order valence-corrected chi connectivity index (χ3v) is 5.70. The van der Waals surface area contributed by atoms with Crippen molar-refractivity contribution in [3.8, 4) is 16.9 Å². The van der Waals surface area contributed by atoms with Gasteiger partial charge in [0.25, 0.3) is 5.91 Å². The van der Waals surface area contributed by atoms with Crippen LogP contribution < -0.4 is 15.4 Å². The molecule has 170 valence electrons. The molecule has 0 spiro atoms. The number of hydrogen-bond donors (Lipinski definition) is 1. The summed E-state index contributed by atoms with van der Waals surface area (Å²) >= 11 is 0. The molecule has 0 radical (unpaired) electrons. The zero-order valence-electron chi connectivity index (χ0n) is 18.8. The Bertz CT molecular complexity index is 1150. The van der Waals surface area contributed by atoms with Gasteiger partial charge in [0.1, 0.15) is 5.75 Å². The van der Waals surface area contributed by atoms with E-state index in [0.29, 0.717) is 30.4 Å². The van der Waals surface area contributed by atoms with E-state index in [-0.39, 0.29) is 18.4 Å². The van der Waals surface area contributed by atoms with Gasteiger partial charge in [0.15, 0.2) is 6.61 Å². The highest BCUT2D eigenvalue weighted by molar-refractivity contribution is 5.94. The van der Waals surface area contributed by atoms with Gasteiger partial charge in [-0.3, -0.25) is 9.59 Å². The lowest BCUT2D eigenvalue weighted by Crippen LogP contribution is -2.33. The Morgan fingerprint density at radius 2 is 1.94 bits per heavy atom. The summed E-state index contributed by atoms with van der Waals surface area (Å²) in [5.41, 5.74) is 8.42. The van der Waals surface area contributed by atoms with E-state index in [1.165, 1.54) is 0 Å². The van der Waals surface area contributed by atoms with Crippen LogP contribution in [0.25, 0.3) is 11.1 Å². The summed E-state index contributed by atoms with van der Waals surface area (Å²) in [7, 11) is 3.77. The number of nitrogens with two attached hydrogens (primary N) is 1. The number of carbonyl (C=O) groups excluding carboxylic acids is 2. The minimum atomic E-state index is -0.486. The zero-order valence-corrected chi connectivity index (χ0v) is 18.8. The van der Waals surface area contributed by atoms with Crippen LogP contribution in [0.1, 0.15) is 28.4 Å². The molecule has 0 aliphatic carbocycles. The highest BCUT2D eigenvalue weighted by Crippen LogP contribution is 2.34. The van der Waals surface area contributed by atoms with E-state index in [4.69, 9.17) is 15.5 Å². The fourth-order valence-corrected chi connectivity index (χ4v) is 3.94.